The molecule has 2 atom stereocenters. The molecule has 3 aromatic rings. The third-order valence-electron chi connectivity index (χ3n) is 5.63. The Balaban J connectivity index is 1.54. The molecule has 3 aromatic heterocycles. The van der Waals surface area contributed by atoms with Crippen LogP contribution in [0.2, 0.25) is 0 Å². The van der Waals surface area contributed by atoms with Crippen molar-refractivity contribution in [1.29, 1.82) is 0 Å². The fraction of sp³-hybridized carbons (Fsp3) is 0.474. The number of nitrogens with zero attached hydrogens (tertiary/aromatic N) is 4. The number of aromatic amines is 1. The van der Waals surface area contributed by atoms with Gasteiger partial charge in [-0.2, -0.15) is 0 Å². The van der Waals surface area contributed by atoms with Crippen LogP contribution in [0, 0.1) is 5.92 Å². The van der Waals surface area contributed by atoms with Crippen molar-refractivity contribution in [3.63, 3.8) is 0 Å². The van der Waals surface area contributed by atoms with Crippen LogP contribution in [0.25, 0.3) is 22.1 Å². The van der Waals surface area contributed by atoms with Gasteiger partial charge in [0.05, 0.1) is 17.0 Å². The van der Waals surface area contributed by atoms with Crippen LogP contribution in [0.1, 0.15) is 32.6 Å². The summed E-state index contributed by atoms with van der Waals surface area (Å²) in [4.78, 5) is 22.4. The molecule has 0 aromatic carbocycles. The number of rotatable bonds is 3. The summed E-state index contributed by atoms with van der Waals surface area (Å²) in [6, 6.07) is 4.84. The Morgan fingerprint density at radius 3 is 2.96 bits per heavy atom. The Labute approximate surface area is 151 Å². The lowest BCUT2D eigenvalue weighted by molar-refractivity contribution is -0.125. The molecule has 0 spiro atoms. The van der Waals surface area contributed by atoms with E-state index in [2.05, 4.69) is 43.4 Å². The SMILES string of the molecule is CC1CCC(C(=O)NC2CC2)CN1c1cc[nH]c2nnc3nccc3c12. The summed E-state index contributed by atoms with van der Waals surface area (Å²) in [6.07, 6.45) is 7.86. The van der Waals surface area contributed by atoms with Gasteiger partial charge in [-0.1, -0.05) is 0 Å². The number of pyridine rings is 1. The highest BCUT2D eigenvalue weighted by atomic mass is 16.2. The van der Waals surface area contributed by atoms with Crippen LogP contribution in [-0.4, -0.2) is 44.7 Å². The summed E-state index contributed by atoms with van der Waals surface area (Å²) >= 11 is 0. The van der Waals surface area contributed by atoms with Gasteiger partial charge in [-0.15, -0.1) is 10.2 Å². The van der Waals surface area contributed by atoms with Crippen LogP contribution >= 0.6 is 0 Å². The normalized spacial score (nSPS) is 23.5. The van der Waals surface area contributed by atoms with Gasteiger partial charge in [0.25, 0.3) is 0 Å². The van der Waals surface area contributed by atoms with Gasteiger partial charge >= 0.3 is 0 Å². The largest absolute Gasteiger partial charge is 0.367 e. The molecule has 1 amide bonds. The molecule has 2 aliphatic rings. The molecule has 2 unspecified atom stereocenters. The van der Waals surface area contributed by atoms with Crippen LogP contribution < -0.4 is 10.2 Å². The van der Waals surface area contributed by atoms with Crippen LogP contribution in [-0.2, 0) is 4.79 Å². The van der Waals surface area contributed by atoms with E-state index in [1.54, 1.807) is 6.20 Å². The van der Waals surface area contributed by atoms with E-state index < -0.39 is 0 Å². The average Bonchev–Trinajstić information content (AvgIpc) is 3.33. The van der Waals surface area contributed by atoms with E-state index in [0.29, 0.717) is 17.7 Å². The highest BCUT2D eigenvalue weighted by molar-refractivity contribution is 6.08. The van der Waals surface area contributed by atoms with Gasteiger partial charge in [-0.05, 0) is 44.7 Å². The highest BCUT2D eigenvalue weighted by Crippen LogP contribution is 2.35. The Bertz CT molecular complexity index is 978. The summed E-state index contributed by atoms with van der Waals surface area (Å²) in [7, 11) is 0. The molecule has 1 aliphatic carbocycles. The molecule has 2 N–H and O–H groups in total. The second kappa shape index (κ2) is 5.93. The Morgan fingerprint density at radius 1 is 1.23 bits per heavy atom. The van der Waals surface area contributed by atoms with E-state index >= 15 is 0 Å². The lowest BCUT2D eigenvalue weighted by Gasteiger charge is -2.39. The highest BCUT2D eigenvalue weighted by Gasteiger charge is 2.33. The fourth-order valence-electron chi connectivity index (χ4n) is 3.96. The molecule has 4 heterocycles. The Morgan fingerprint density at radius 2 is 2.12 bits per heavy atom. The first-order valence-corrected chi connectivity index (χ1v) is 9.36. The minimum absolute atomic E-state index is 0.0362. The van der Waals surface area contributed by atoms with E-state index in [0.717, 1.165) is 54.3 Å². The number of H-pyrrole nitrogens is 1. The lowest BCUT2D eigenvalue weighted by atomic mass is 9.91. The third kappa shape index (κ3) is 2.58. The molecule has 7 nitrogen and oxygen atoms in total. The molecule has 7 heteroatoms. The first-order valence-electron chi connectivity index (χ1n) is 9.36. The summed E-state index contributed by atoms with van der Waals surface area (Å²) in [5, 5.41) is 13.7. The standard InChI is InChI=1S/C19H22N6O/c1-11-2-3-12(19(26)22-13-4-5-13)10-25(11)15-7-9-21-18-16(15)14-6-8-20-17(14)23-24-18/h6-9,11-13H,2-5,10H2,1H3,(H,21,24)(H,22,26). The van der Waals surface area contributed by atoms with Crippen molar-refractivity contribution in [2.75, 3.05) is 11.4 Å². The molecule has 5 rings (SSSR count). The van der Waals surface area contributed by atoms with Crippen molar-refractivity contribution in [3.05, 3.63) is 24.5 Å². The molecule has 0 bridgehead atoms. The van der Waals surface area contributed by atoms with E-state index in [4.69, 9.17) is 0 Å². The van der Waals surface area contributed by atoms with Crippen molar-refractivity contribution in [3.8, 4) is 0 Å². The number of amides is 1. The van der Waals surface area contributed by atoms with Gasteiger partial charge in [-0.3, -0.25) is 4.79 Å². The van der Waals surface area contributed by atoms with Gasteiger partial charge in [-0.25, -0.2) is 4.98 Å². The fourth-order valence-corrected chi connectivity index (χ4v) is 3.96. The maximum atomic E-state index is 12.6. The average molecular weight is 350 g/mol. The number of fused-ring (bicyclic) bond motifs is 3. The number of carbonyl (C=O) groups excluding carboxylic acids is 1. The van der Waals surface area contributed by atoms with E-state index in [1.807, 2.05) is 12.3 Å². The summed E-state index contributed by atoms with van der Waals surface area (Å²) in [5.74, 6) is 0.241. The van der Waals surface area contributed by atoms with Crippen molar-refractivity contribution in [1.82, 2.24) is 25.5 Å². The molecule has 2 fully saturated rings. The topological polar surface area (TPSA) is 86.8 Å². The maximum Gasteiger partial charge on any atom is 0.225 e. The lowest BCUT2D eigenvalue weighted by Crippen LogP contribution is -2.47. The quantitative estimate of drug-likeness (QED) is 0.757. The molecule has 26 heavy (non-hydrogen) atoms. The smallest absolute Gasteiger partial charge is 0.225 e. The van der Waals surface area contributed by atoms with E-state index in [9.17, 15) is 4.79 Å². The van der Waals surface area contributed by atoms with Crippen molar-refractivity contribution in [2.24, 2.45) is 5.92 Å². The number of piperidine rings is 1. The van der Waals surface area contributed by atoms with Crippen LogP contribution in [0.4, 0.5) is 5.69 Å². The summed E-state index contributed by atoms with van der Waals surface area (Å²) in [5.41, 5.74) is 2.51. The van der Waals surface area contributed by atoms with Crippen molar-refractivity contribution >= 4 is 33.7 Å². The third-order valence-corrected chi connectivity index (χ3v) is 5.63. The molecule has 0 radical (unpaired) electrons. The van der Waals surface area contributed by atoms with Crippen LogP contribution in [0.3, 0.4) is 0 Å². The predicted molar refractivity (Wildman–Crippen MR) is 99.9 cm³/mol. The predicted octanol–water partition coefficient (Wildman–Crippen LogP) is 2.39. The van der Waals surface area contributed by atoms with Crippen molar-refractivity contribution in [2.45, 2.75) is 44.7 Å². The van der Waals surface area contributed by atoms with E-state index in [1.165, 1.54) is 0 Å². The second-order valence-electron chi connectivity index (χ2n) is 7.53. The second-order valence-corrected chi connectivity index (χ2v) is 7.53. The minimum atomic E-state index is 0.0362. The first kappa shape index (κ1) is 15.5. The number of aromatic nitrogens is 4. The van der Waals surface area contributed by atoms with Gasteiger partial charge in [0.1, 0.15) is 0 Å². The van der Waals surface area contributed by atoms with Gasteiger partial charge in [0, 0.05) is 36.4 Å². The van der Waals surface area contributed by atoms with Crippen molar-refractivity contribution < 1.29 is 4.79 Å². The first-order chi connectivity index (χ1) is 12.7. The summed E-state index contributed by atoms with van der Waals surface area (Å²) < 4.78 is 0. The summed E-state index contributed by atoms with van der Waals surface area (Å²) in [6.45, 7) is 2.96. The van der Waals surface area contributed by atoms with Crippen LogP contribution in [0.15, 0.2) is 24.5 Å². The van der Waals surface area contributed by atoms with Crippen LogP contribution in [0.5, 0.6) is 0 Å². The van der Waals surface area contributed by atoms with Gasteiger partial charge in [0.15, 0.2) is 11.3 Å². The number of nitrogens with one attached hydrogen (secondary N) is 2. The maximum absolute atomic E-state index is 12.6. The molecule has 1 aliphatic heterocycles. The van der Waals surface area contributed by atoms with E-state index in [-0.39, 0.29) is 11.8 Å². The number of anilines is 1. The molecular formula is C19H22N6O. The molecule has 1 saturated heterocycles. The number of hydrogen-bond donors (Lipinski definition) is 2. The zero-order chi connectivity index (χ0) is 17.7. The molecular weight excluding hydrogens is 328 g/mol. The Hall–Kier alpha value is -2.70. The zero-order valence-electron chi connectivity index (χ0n) is 14.8. The van der Waals surface area contributed by atoms with Gasteiger partial charge < -0.3 is 15.2 Å². The van der Waals surface area contributed by atoms with Gasteiger partial charge in [0.2, 0.25) is 5.91 Å². The monoisotopic (exact) mass is 350 g/mol. The zero-order valence-corrected chi connectivity index (χ0v) is 14.8. The molecule has 1 saturated carbocycles. The molecule has 134 valence electrons. The Kier molecular flexibility index (Phi) is 3.55. The minimum Gasteiger partial charge on any atom is -0.367 e. The number of hydrogen-bond acceptors (Lipinski definition) is 5. The number of carbonyl (C=O) groups is 1.